The van der Waals surface area contributed by atoms with Crippen molar-refractivity contribution in [3.05, 3.63) is 77.5 Å². The normalized spacial score (nSPS) is 19.0. The number of rotatable bonds is 7. The Kier molecular flexibility index (Phi) is 7.63. The zero-order valence-electron chi connectivity index (χ0n) is 24.0. The van der Waals surface area contributed by atoms with Gasteiger partial charge in [0.1, 0.15) is 5.60 Å². The fourth-order valence-corrected chi connectivity index (χ4v) is 5.26. The summed E-state index contributed by atoms with van der Waals surface area (Å²) in [5.74, 6) is -0.214. The Morgan fingerprint density at radius 1 is 1.10 bits per heavy atom. The topological polar surface area (TPSA) is 96.7 Å². The number of carbonyl (C=O) groups is 2. The predicted molar refractivity (Wildman–Crippen MR) is 151 cm³/mol. The van der Waals surface area contributed by atoms with Crippen molar-refractivity contribution in [3.8, 4) is 11.3 Å². The summed E-state index contributed by atoms with van der Waals surface area (Å²) in [6.45, 7) is 11.8. The minimum atomic E-state index is -1.00. The highest BCUT2D eigenvalue weighted by Gasteiger charge is 2.46. The first-order chi connectivity index (χ1) is 18.2. The minimum absolute atomic E-state index is 0.206. The number of cyclic esters (lactones) is 1. The van der Waals surface area contributed by atoms with Crippen molar-refractivity contribution in [3.63, 3.8) is 0 Å². The Morgan fingerprint density at radius 3 is 2.31 bits per heavy atom. The van der Waals surface area contributed by atoms with Crippen molar-refractivity contribution >= 4 is 12.0 Å². The van der Waals surface area contributed by atoms with Gasteiger partial charge in [0.15, 0.2) is 5.69 Å². The molecule has 2 amide bonds. The summed E-state index contributed by atoms with van der Waals surface area (Å²) in [5.41, 5.74) is 1.74. The molecule has 208 valence electrons. The van der Waals surface area contributed by atoms with Crippen molar-refractivity contribution in [2.24, 2.45) is 7.05 Å². The maximum atomic E-state index is 13.4. The highest BCUT2D eigenvalue weighted by molar-refractivity contribution is 5.93. The Morgan fingerprint density at radius 2 is 1.74 bits per heavy atom. The van der Waals surface area contributed by atoms with E-state index in [4.69, 9.17) is 4.74 Å². The molecule has 3 aromatic rings. The average Bonchev–Trinajstić information content (AvgIpc) is 3.24. The van der Waals surface area contributed by atoms with Gasteiger partial charge in [0.05, 0.1) is 17.3 Å². The number of ether oxygens (including phenoxy) is 1. The molecule has 0 radical (unpaired) electrons. The number of amides is 2. The van der Waals surface area contributed by atoms with Crippen LogP contribution >= 0.6 is 0 Å². The summed E-state index contributed by atoms with van der Waals surface area (Å²) in [6, 6.07) is 19.2. The maximum absolute atomic E-state index is 13.4. The molecular formula is C31H40N4O4. The first-order valence-corrected chi connectivity index (χ1v) is 13.4. The average molecular weight is 533 g/mol. The van der Waals surface area contributed by atoms with Gasteiger partial charge in [-0.1, -0.05) is 54.6 Å². The van der Waals surface area contributed by atoms with Gasteiger partial charge in [-0.2, -0.15) is 5.10 Å². The number of aryl methyl sites for hydroxylation is 1. The third-order valence-corrected chi connectivity index (χ3v) is 7.05. The molecule has 0 bridgehead atoms. The molecule has 0 spiro atoms. The molecule has 1 aromatic heterocycles. The van der Waals surface area contributed by atoms with Gasteiger partial charge in [-0.15, -0.1) is 0 Å². The number of aliphatic hydroxyl groups is 1. The van der Waals surface area contributed by atoms with E-state index in [1.807, 2.05) is 89.3 Å². The van der Waals surface area contributed by atoms with E-state index in [1.165, 1.54) is 0 Å². The van der Waals surface area contributed by atoms with Crippen LogP contribution in [0.25, 0.3) is 11.3 Å². The van der Waals surface area contributed by atoms with Gasteiger partial charge in [-0.25, -0.2) is 4.79 Å². The van der Waals surface area contributed by atoms with E-state index in [0.29, 0.717) is 25.1 Å². The Bertz CT molecular complexity index is 1320. The van der Waals surface area contributed by atoms with E-state index >= 15 is 0 Å². The fraction of sp³-hybridized carbons (Fsp3) is 0.452. The second kappa shape index (κ2) is 10.5. The van der Waals surface area contributed by atoms with Crippen LogP contribution in [0.4, 0.5) is 4.79 Å². The van der Waals surface area contributed by atoms with E-state index in [-0.39, 0.29) is 17.5 Å². The van der Waals surface area contributed by atoms with Gasteiger partial charge >= 0.3 is 6.09 Å². The number of hydrogen-bond acceptors (Lipinski definition) is 5. The van der Waals surface area contributed by atoms with Gasteiger partial charge in [0.2, 0.25) is 0 Å². The number of nitrogens with one attached hydrogen (secondary N) is 1. The maximum Gasteiger partial charge on any atom is 0.411 e. The Hall–Kier alpha value is -3.65. The van der Waals surface area contributed by atoms with Crippen molar-refractivity contribution in [1.82, 2.24) is 20.0 Å². The van der Waals surface area contributed by atoms with E-state index in [1.54, 1.807) is 29.5 Å². The molecule has 1 saturated heterocycles. The lowest BCUT2D eigenvalue weighted by molar-refractivity contribution is -0.101. The molecule has 8 heteroatoms. The number of nitrogens with zero attached hydrogens (tertiary/aromatic N) is 3. The molecule has 1 aliphatic heterocycles. The molecule has 8 nitrogen and oxygen atoms in total. The molecule has 1 aliphatic rings. The van der Waals surface area contributed by atoms with Gasteiger partial charge in [-0.05, 0) is 64.3 Å². The quantitative estimate of drug-likeness (QED) is 0.414. The number of aromatic nitrogens is 2. The number of carbonyl (C=O) groups excluding carboxylic acids is 2. The van der Waals surface area contributed by atoms with E-state index in [2.05, 4.69) is 10.4 Å². The van der Waals surface area contributed by atoms with Crippen molar-refractivity contribution in [1.29, 1.82) is 0 Å². The van der Waals surface area contributed by atoms with E-state index in [9.17, 15) is 14.7 Å². The van der Waals surface area contributed by atoms with Crippen LogP contribution < -0.4 is 5.32 Å². The Labute approximate surface area is 231 Å². The summed E-state index contributed by atoms with van der Waals surface area (Å²) in [7, 11) is 1.82. The second-order valence-electron chi connectivity index (χ2n) is 12.2. The van der Waals surface area contributed by atoms with Crippen molar-refractivity contribution < 1.29 is 19.4 Å². The monoisotopic (exact) mass is 532 g/mol. The standard InChI is InChI=1S/C31H40N4O4/c1-21(35-18-17-31(39-28(35)37,20-30(5,6)38)24-11-9-8-10-12-24)22-13-15-23(16-14-22)26-19-25(33-34(26)7)27(36)32-29(2,3)4/h8-16,19,21,38H,17-18,20H2,1-7H3,(H,32,36)/t21-,31?/m0/s1. The van der Waals surface area contributed by atoms with Crippen molar-refractivity contribution in [2.45, 2.75) is 77.2 Å². The van der Waals surface area contributed by atoms with Crippen LogP contribution in [0, 0.1) is 0 Å². The fourth-order valence-electron chi connectivity index (χ4n) is 5.26. The second-order valence-corrected chi connectivity index (χ2v) is 12.2. The molecule has 39 heavy (non-hydrogen) atoms. The molecule has 2 heterocycles. The largest absolute Gasteiger partial charge is 0.438 e. The third kappa shape index (κ3) is 6.50. The lowest BCUT2D eigenvalue weighted by Gasteiger charge is -2.45. The molecule has 1 fully saturated rings. The molecule has 1 unspecified atom stereocenters. The smallest absolute Gasteiger partial charge is 0.411 e. The SMILES string of the molecule is C[C@@H](c1ccc(-c2cc(C(=O)NC(C)(C)C)nn2C)cc1)N1CCC(CC(C)(C)O)(c2ccccc2)OC1=O. The molecule has 0 saturated carbocycles. The van der Waals surface area contributed by atoms with Crippen LogP contribution in [-0.2, 0) is 17.4 Å². The van der Waals surface area contributed by atoms with Gasteiger partial charge < -0.3 is 20.1 Å². The molecule has 2 atom stereocenters. The zero-order chi connectivity index (χ0) is 28.6. The highest BCUT2D eigenvalue weighted by atomic mass is 16.6. The van der Waals surface area contributed by atoms with Gasteiger partial charge in [0, 0.05) is 32.0 Å². The first kappa shape index (κ1) is 28.4. The van der Waals surface area contributed by atoms with Crippen LogP contribution in [-0.4, -0.2) is 49.5 Å². The summed E-state index contributed by atoms with van der Waals surface area (Å²) >= 11 is 0. The van der Waals surface area contributed by atoms with Crippen molar-refractivity contribution in [2.75, 3.05) is 6.54 Å². The summed E-state index contributed by atoms with van der Waals surface area (Å²) < 4.78 is 7.84. The van der Waals surface area contributed by atoms with Crippen LogP contribution in [0.5, 0.6) is 0 Å². The summed E-state index contributed by atoms with van der Waals surface area (Å²) in [4.78, 5) is 27.7. The van der Waals surface area contributed by atoms with E-state index < -0.39 is 17.3 Å². The van der Waals surface area contributed by atoms with E-state index in [0.717, 1.165) is 22.4 Å². The third-order valence-electron chi connectivity index (χ3n) is 7.05. The minimum Gasteiger partial charge on any atom is -0.438 e. The molecule has 2 N–H and O–H groups in total. The number of benzene rings is 2. The lowest BCUT2D eigenvalue weighted by Crippen LogP contribution is -2.51. The molecular weight excluding hydrogens is 492 g/mol. The Balaban J connectivity index is 1.51. The predicted octanol–water partition coefficient (Wildman–Crippen LogP) is 5.58. The highest BCUT2D eigenvalue weighted by Crippen LogP contribution is 2.42. The molecule has 0 aliphatic carbocycles. The lowest BCUT2D eigenvalue weighted by atomic mass is 9.80. The first-order valence-electron chi connectivity index (χ1n) is 13.4. The van der Waals surface area contributed by atoms with Crippen LogP contribution in [0.2, 0.25) is 0 Å². The molecule has 4 rings (SSSR count). The molecule has 2 aromatic carbocycles. The van der Waals surface area contributed by atoms with Gasteiger partial charge in [0.25, 0.3) is 5.91 Å². The van der Waals surface area contributed by atoms with Gasteiger partial charge in [-0.3, -0.25) is 9.48 Å². The van der Waals surface area contributed by atoms with Crippen LogP contribution in [0.15, 0.2) is 60.7 Å². The van der Waals surface area contributed by atoms with Crippen LogP contribution in [0.1, 0.15) is 82.0 Å². The summed E-state index contributed by atoms with van der Waals surface area (Å²) in [6.07, 6.45) is 0.489. The summed E-state index contributed by atoms with van der Waals surface area (Å²) in [5, 5.41) is 18.0. The van der Waals surface area contributed by atoms with Crippen LogP contribution in [0.3, 0.4) is 0 Å². The number of hydrogen-bond donors (Lipinski definition) is 2. The zero-order valence-corrected chi connectivity index (χ0v) is 24.0.